The second-order valence-electron chi connectivity index (χ2n) is 4.42. The summed E-state index contributed by atoms with van der Waals surface area (Å²) in [6.07, 6.45) is 4.99. The molecule has 0 saturated carbocycles. The molecule has 0 fully saturated rings. The van der Waals surface area contributed by atoms with E-state index in [1.165, 1.54) is 0 Å². The minimum absolute atomic E-state index is 0.0610. The first-order chi connectivity index (χ1) is 8.74. The smallest absolute Gasteiger partial charge is 0.289 e. The van der Waals surface area contributed by atoms with Crippen LogP contribution in [0.2, 0.25) is 0 Å². The molecule has 0 spiro atoms. The van der Waals surface area contributed by atoms with Crippen molar-refractivity contribution in [2.24, 2.45) is 0 Å². The lowest BCUT2D eigenvalue weighted by Crippen LogP contribution is -2.33. The van der Waals surface area contributed by atoms with Gasteiger partial charge in [-0.15, -0.1) is 0 Å². The number of anilines is 1. The Labute approximate surface area is 105 Å². The Bertz CT molecular complexity index is 628. The number of carbonyl (C=O) groups excluding carboxylic acids is 1. The molecule has 1 aliphatic rings. The van der Waals surface area contributed by atoms with Crippen LogP contribution in [-0.2, 0) is 0 Å². The van der Waals surface area contributed by atoms with Gasteiger partial charge in [0.1, 0.15) is 5.58 Å². The Balaban J connectivity index is 1.94. The maximum absolute atomic E-state index is 12.2. The summed E-state index contributed by atoms with van der Waals surface area (Å²) in [6, 6.07) is 7.12. The van der Waals surface area contributed by atoms with E-state index in [1.54, 1.807) is 23.1 Å². The molecule has 2 heterocycles. The van der Waals surface area contributed by atoms with Crippen molar-refractivity contribution in [3.63, 3.8) is 0 Å². The first-order valence-corrected chi connectivity index (χ1v) is 5.97. The second kappa shape index (κ2) is 4.22. The van der Waals surface area contributed by atoms with Crippen molar-refractivity contribution in [2.75, 3.05) is 18.8 Å². The van der Waals surface area contributed by atoms with Crippen LogP contribution in [0.15, 0.2) is 40.8 Å². The third kappa shape index (κ3) is 1.86. The molecule has 2 N–H and O–H groups in total. The molecule has 0 atom stereocenters. The van der Waals surface area contributed by atoms with Crippen LogP contribution in [0.1, 0.15) is 17.0 Å². The zero-order valence-electron chi connectivity index (χ0n) is 9.93. The van der Waals surface area contributed by atoms with Gasteiger partial charge in [-0.1, -0.05) is 12.2 Å². The predicted molar refractivity (Wildman–Crippen MR) is 70.3 cm³/mol. The van der Waals surface area contributed by atoms with Crippen molar-refractivity contribution in [2.45, 2.75) is 6.42 Å². The molecular weight excluding hydrogens is 228 g/mol. The number of amides is 1. The molecule has 1 amide bonds. The molecule has 92 valence electrons. The van der Waals surface area contributed by atoms with Crippen molar-refractivity contribution < 1.29 is 9.21 Å². The SMILES string of the molecule is Nc1ccc2oc(C(=O)N3CC=CCC3)cc2c1. The Hall–Kier alpha value is -2.23. The van der Waals surface area contributed by atoms with Gasteiger partial charge in [-0.05, 0) is 30.7 Å². The number of carbonyl (C=O) groups is 1. The van der Waals surface area contributed by atoms with E-state index in [1.807, 2.05) is 12.1 Å². The lowest BCUT2D eigenvalue weighted by molar-refractivity contribution is 0.0741. The van der Waals surface area contributed by atoms with E-state index in [-0.39, 0.29) is 5.91 Å². The molecule has 0 radical (unpaired) electrons. The van der Waals surface area contributed by atoms with E-state index >= 15 is 0 Å². The topological polar surface area (TPSA) is 59.5 Å². The fourth-order valence-corrected chi connectivity index (χ4v) is 2.15. The minimum atomic E-state index is -0.0610. The number of hydrogen-bond acceptors (Lipinski definition) is 3. The number of benzene rings is 1. The second-order valence-corrected chi connectivity index (χ2v) is 4.42. The largest absolute Gasteiger partial charge is 0.451 e. The summed E-state index contributed by atoms with van der Waals surface area (Å²) < 4.78 is 5.57. The summed E-state index contributed by atoms with van der Waals surface area (Å²) in [5, 5.41) is 0.867. The maximum Gasteiger partial charge on any atom is 0.289 e. The molecule has 18 heavy (non-hydrogen) atoms. The molecule has 2 aromatic rings. The fourth-order valence-electron chi connectivity index (χ4n) is 2.15. The molecule has 4 heteroatoms. The lowest BCUT2D eigenvalue weighted by Gasteiger charge is -2.21. The summed E-state index contributed by atoms with van der Waals surface area (Å²) >= 11 is 0. The van der Waals surface area contributed by atoms with Gasteiger partial charge in [0.25, 0.3) is 5.91 Å². The number of furan rings is 1. The Morgan fingerprint density at radius 2 is 2.17 bits per heavy atom. The molecule has 1 aromatic carbocycles. The number of rotatable bonds is 1. The van der Waals surface area contributed by atoms with E-state index in [0.717, 1.165) is 18.4 Å². The van der Waals surface area contributed by atoms with Gasteiger partial charge >= 0.3 is 0 Å². The van der Waals surface area contributed by atoms with Crippen molar-refractivity contribution in [3.05, 3.63) is 42.2 Å². The van der Waals surface area contributed by atoms with Gasteiger partial charge in [-0.3, -0.25) is 4.79 Å². The van der Waals surface area contributed by atoms with Gasteiger partial charge < -0.3 is 15.1 Å². The Morgan fingerprint density at radius 3 is 2.94 bits per heavy atom. The molecule has 0 saturated heterocycles. The van der Waals surface area contributed by atoms with Crippen LogP contribution in [-0.4, -0.2) is 23.9 Å². The third-order valence-electron chi connectivity index (χ3n) is 3.10. The van der Waals surface area contributed by atoms with Crippen LogP contribution in [0.25, 0.3) is 11.0 Å². The van der Waals surface area contributed by atoms with Gasteiger partial charge in [0.15, 0.2) is 5.76 Å². The normalized spacial score (nSPS) is 15.2. The predicted octanol–water partition coefficient (Wildman–Crippen LogP) is 2.42. The maximum atomic E-state index is 12.2. The summed E-state index contributed by atoms with van der Waals surface area (Å²) in [4.78, 5) is 14.0. The van der Waals surface area contributed by atoms with Gasteiger partial charge in [0.05, 0.1) is 0 Å². The number of fused-ring (bicyclic) bond motifs is 1. The molecule has 1 aliphatic heterocycles. The average Bonchev–Trinajstić information content (AvgIpc) is 2.81. The van der Waals surface area contributed by atoms with E-state index in [0.29, 0.717) is 23.6 Å². The van der Waals surface area contributed by atoms with E-state index in [4.69, 9.17) is 10.2 Å². The van der Waals surface area contributed by atoms with Gasteiger partial charge in [-0.25, -0.2) is 0 Å². The molecule has 0 bridgehead atoms. The van der Waals surface area contributed by atoms with Crippen LogP contribution in [0, 0.1) is 0 Å². The first kappa shape index (κ1) is 10.9. The molecule has 4 nitrogen and oxygen atoms in total. The van der Waals surface area contributed by atoms with Crippen LogP contribution >= 0.6 is 0 Å². The van der Waals surface area contributed by atoms with Gasteiger partial charge in [-0.2, -0.15) is 0 Å². The van der Waals surface area contributed by atoms with Crippen LogP contribution in [0.4, 0.5) is 5.69 Å². The monoisotopic (exact) mass is 242 g/mol. The summed E-state index contributed by atoms with van der Waals surface area (Å²) in [6.45, 7) is 1.40. The highest BCUT2D eigenvalue weighted by molar-refractivity contribution is 5.96. The van der Waals surface area contributed by atoms with Gasteiger partial charge in [0.2, 0.25) is 0 Å². The summed E-state index contributed by atoms with van der Waals surface area (Å²) in [5.74, 6) is 0.319. The van der Waals surface area contributed by atoms with E-state index in [9.17, 15) is 4.79 Å². The van der Waals surface area contributed by atoms with Crippen molar-refractivity contribution in [3.8, 4) is 0 Å². The first-order valence-electron chi connectivity index (χ1n) is 5.97. The molecule has 3 rings (SSSR count). The summed E-state index contributed by atoms with van der Waals surface area (Å²) in [5.41, 5.74) is 7.07. The quantitative estimate of drug-likeness (QED) is 0.617. The molecule has 0 aliphatic carbocycles. The Morgan fingerprint density at radius 1 is 1.28 bits per heavy atom. The number of hydrogen-bond donors (Lipinski definition) is 1. The highest BCUT2D eigenvalue weighted by atomic mass is 16.3. The zero-order valence-corrected chi connectivity index (χ0v) is 9.93. The van der Waals surface area contributed by atoms with Crippen LogP contribution in [0.3, 0.4) is 0 Å². The van der Waals surface area contributed by atoms with Gasteiger partial charge in [0, 0.05) is 24.2 Å². The average molecular weight is 242 g/mol. The standard InChI is InChI=1S/C14H14N2O2/c15-11-4-5-12-10(8-11)9-13(18-12)14(17)16-6-2-1-3-7-16/h1-2,4-5,8-9H,3,6-7,15H2. The zero-order chi connectivity index (χ0) is 12.5. The van der Waals surface area contributed by atoms with Crippen molar-refractivity contribution in [1.82, 2.24) is 4.90 Å². The van der Waals surface area contributed by atoms with Crippen LogP contribution < -0.4 is 5.73 Å². The minimum Gasteiger partial charge on any atom is -0.451 e. The highest BCUT2D eigenvalue weighted by Gasteiger charge is 2.19. The van der Waals surface area contributed by atoms with Crippen molar-refractivity contribution >= 4 is 22.6 Å². The summed E-state index contributed by atoms with van der Waals surface area (Å²) in [7, 11) is 0. The lowest BCUT2D eigenvalue weighted by atomic mass is 10.2. The number of nitrogen functional groups attached to an aromatic ring is 1. The van der Waals surface area contributed by atoms with E-state index in [2.05, 4.69) is 6.08 Å². The Kier molecular flexibility index (Phi) is 2.55. The third-order valence-corrected chi connectivity index (χ3v) is 3.10. The molecule has 1 aromatic heterocycles. The fraction of sp³-hybridized carbons (Fsp3) is 0.214. The number of nitrogens with zero attached hydrogens (tertiary/aromatic N) is 1. The van der Waals surface area contributed by atoms with E-state index < -0.39 is 0 Å². The molecular formula is C14H14N2O2. The van der Waals surface area contributed by atoms with Crippen molar-refractivity contribution in [1.29, 1.82) is 0 Å². The van der Waals surface area contributed by atoms with Crippen LogP contribution in [0.5, 0.6) is 0 Å². The molecule has 0 unspecified atom stereocenters. The highest BCUT2D eigenvalue weighted by Crippen LogP contribution is 2.23. The number of nitrogens with two attached hydrogens (primary N) is 1.